The Balaban J connectivity index is 1.22. The van der Waals surface area contributed by atoms with Crippen LogP contribution in [0.5, 0.6) is 11.5 Å². The number of hydrogen-bond acceptors (Lipinski definition) is 9. The summed E-state index contributed by atoms with van der Waals surface area (Å²) in [6, 6.07) is 13.0. The molecule has 0 aliphatic heterocycles. The molecule has 308 valence electrons. The molecule has 0 bridgehead atoms. The second-order valence-electron chi connectivity index (χ2n) is 15.1. The van der Waals surface area contributed by atoms with Crippen molar-refractivity contribution in [3.8, 4) is 11.5 Å². The molecule has 3 N–H and O–H groups in total. The van der Waals surface area contributed by atoms with Crippen LogP contribution in [0.2, 0.25) is 0 Å². The van der Waals surface area contributed by atoms with Crippen LogP contribution in [-0.2, 0) is 37.3 Å². The maximum atomic E-state index is 15.5. The van der Waals surface area contributed by atoms with Crippen LogP contribution in [0, 0.1) is 24.5 Å². The summed E-state index contributed by atoms with van der Waals surface area (Å²) in [5.74, 6) is -6.15. The number of fused-ring (bicyclic) bond motifs is 2. The van der Waals surface area contributed by atoms with Crippen LogP contribution in [0.4, 0.5) is 8.78 Å². The normalized spacial score (nSPS) is 16.0. The van der Waals surface area contributed by atoms with E-state index in [-0.39, 0.29) is 29.7 Å². The van der Waals surface area contributed by atoms with Crippen LogP contribution in [0.3, 0.4) is 0 Å². The van der Waals surface area contributed by atoms with E-state index in [1.54, 1.807) is 24.3 Å². The molecule has 3 aromatic carbocycles. The predicted octanol–water partition coefficient (Wildman–Crippen LogP) is 5.81. The molecular formula is C43H47F2N3O9S. The van der Waals surface area contributed by atoms with Crippen molar-refractivity contribution in [2.24, 2.45) is 5.92 Å². The van der Waals surface area contributed by atoms with Crippen molar-refractivity contribution in [3.63, 3.8) is 0 Å². The van der Waals surface area contributed by atoms with Crippen LogP contribution < -0.4 is 30.5 Å². The molecule has 1 heterocycles. The third-order valence-corrected chi connectivity index (χ3v) is 12.1. The van der Waals surface area contributed by atoms with E-state index in [9.17, 15) is 27.6 Å². The van der Waals surface area contributed by atoms with Crippen LogP contribution in [0.15, 0.2) is 75.4 Å². The second-order valence-corrected chi connectivity index (χ2v) is 16.7. The van der Waals surface area contributed by atoms with E-state index in [0.29, 0.717) is 23.3 Å². The standard InChI is InChI=1S/C43H47F2N3O9S/c1-24-18-37(49)56-39-33(24)22-35(44)40(38(39)45)57-58(53,54)23-30(19-27-10-6-5-7-11-27)47-43(52)36(20-28-14-16-31(55-4)17-15-28)48-41(50)26(3)46-42(51)34-21-29-12-8-9-13-32(29)25(34)2/h8-9,12-18,22,26-27,30,36H,5-7,10-11,19-21,23H2,1-4H3,(H,46,51)(H,47,52)(H,48,50)/t26-,30+,36+/m1/s1. The maximum absolute atomic E-state index is 15.5. The van der Waals surface area contributed by atoms with Crippen molar-refractivity contribution in [1.82, 2.24) is 16.0 Å². The first-order valence-corrected chi connectivity index (χ1v) is 20.9. The first-order valence-electron chi connectivity index (χ1n) is 19.3. The highest BCUT2D eigenvalue weighted by atomic mass is 32.2. The van der Waals surface area contributed by atoms with Gasteiger partial charge in [-0.1, -0.05) is 68.5 Å². The van der Waals surface area contributed by atoms with E-state index in [1.807, 2.05) is 31.2 Å². The Hall–Kier alpha value is -5.57. The van der Waals surface area contributed by atoms with E-state index in [4.69, 9.17) is 13.3 Å². The third-order valence-electron chi connectivity index (χ3n) is 10.9. The van der Waals surface area contributed by atoms with Gasteiger partial charge in [-0.2, -0.15) is 12.8 Å². The zero-order chi connectivity index (χ0) is 41.7. The average molecular weight is 820 g/mol. The average Bonchev–Trinajstić information content (AvgIpc) is 3.53. The molecule has 4 aromatic rings. The molecule has 1 saturated carbocycles. The summed E-state index contributed by atoms with van der Waals surface area (Å²) in [4.78, 5) is 53.2. The number of amides is 3. The fourth-order valence-corrected chi connectivity index (χ4v) is 8.96. The summed E-state index contributed by atoms with van der Waals surface area (Å²) in [6.07, 6.45) is 5.00. The lowest BCUT2D eigenvalue weighted by Gasteiger charge is -2.29. The van der Waals surface area contributed by atoms with E-state index in [0.717, 1.165) is 60.9 Å². The monoisotopic (exact) mass is 819 g/mol. The van der Waals surface area contributed by atoms with Crippen molar-refractivity contribution in [3.05, 3.63) is 111 Å². The van der Waals surface area contributed by atoms with Gasteiger partial charge in [-0.15, -0.1) is 0 Å². The number of carbonyl (C=O) groups excluding carboxylic acids is 3. The quantitative estimate of drug-likeness (QED) is 0.0990. The summed E-state index contributed by atoms with van der Waals surface area (Å²) in [5.41, 5.74) is 2.60. The van der Waals surface area contributed by atoms with Gasteiger partial charge in [0, 0.05) is 35.9 Å². The van der Waals surface area contributed by atoms with Crippen molar-refractivity contribution < 1.29 is 44.9 Å². The molecule has 0 unspecified atom stereocenters. The predicted molar refractivity (Wildman–Crippen MR) is 214 cm³/mol. The van der Waals surface area contributed by atoms with Crippen LogP contribution in [0.25, 0.3) is 16.5 Å². The number of halogens is 2. The van der Waals surface area contributed by atoms with Crippen molar-refractivity contribution in [2.75, 3.05) is 12.9 Å². The molecular weight excluding hydrogens is 773 g/mol. The summed E-state index contributed by atoms with van der Waals surface area (Å²) in [5, 5.41) is 8.21. The fourth-order valence-electron chi connectivity index (χ4n) is 7.77. The Bertz CT molecular complexity index is 2410. The number of carbonyl (C=O) groups is 3. The van der Waals surface area contributed by atoms with E-state index in [1.165, 1.54) is 21.0 Å². The highest BCUT2D eigenvalue weighted by molar-refractivity contribution is 7.87. The van der Waals surface area contributed by atoms with Gasteiger partial charge >= 0.3 is 15.7 Å². The van der Waals surface area contributed by atoms with Crippen LogP contribution in [0.1, 0.15) is 74.6 Å². The number of nitrogens with one attached hydrogen (secondary N) is 3. The lowest BCUT2D eigenvalue weighted by molar-refractivity contribution is -0.131. The molecule has 6 rings (SSSR count). The zero-order valence-electron chi connectivity index (χ0n) is 32.8. The van der Waals surface area contributed by atoms with Crippen molar-refractivity contribution >= 4 is 44.4 Å². The Morgan fingerprint density at radius 3 is 2.33 bits per heavy atom. The van der Waals surface area contributed by atoms with E-state index >= 15 is 8.78 Å². The minimum atomic E-state index is -4.81. The fraction of sp³-hybridized carbons (Fsp3) is 0.395. The molecule has 3 amide bonds. The van der Waals surface area contributed by atoms with Gasteiger partial charge < -0.3 is 29.3 Å². The number of allylic oxidation sites excluding steroid dienone is 1. The number of hydrogen-bond donors (Lipinski definition) is 3. The summed E-state index contributed by atoms with van der Waals surface area (Å²) in [6.45, 7) is 4.80. The van der Waals surface area contributed by atoms with Crippen LogP contribution >= 0.6 is 0 Å². The molecule has 3 atom stereocenters. The van der Waals surface area contributed by atoms with E-state index in [2.05, 4.69) is 16.0 Å². The Labute approximate surface area is 335 Å². The largest absolute Gasteiger partial charge is 0.497 e. The molecule has 1 aromatic heterocycles. The highest BCUT2D eigenvalue weighted by Gasteiger charge is 2.33. The minimum absolute atomic E-state index is 0.0145. The van der Waals surface area contributed by atoms with Gasteiger partial charge in [-0.25, -0.2) is 9.18 Å². The van der Waals surface area contributed by atoms with Crippen molar-refractivity contribution in [2.45, 2.75) is 90.3 Å². The first-order chi connectivity index (χ1) is 27.6. The Kier molecular flexibility index (Phi) is 13.0. The zero-order valence-corrected chi connectivity index (χ0v) is 33.6. The summed E-state index contributed by atoms with van der Waals surface area (Å²) in [7, 11) is -3.30. The molecule has 0 radical (unpaired) electrons. The van der Waals surface area contributed by atoms with Gasteiger partial charge in [0.25, 0.3) is 0 Å². The molecule has 1 fully saturated rings. The van der Waals surface area contributed by atoms with Gasteiger partial charge in [-0.05, 0) is 79.1 Å². The van der Waals surface area contributed by atoms with Gasteiger partial charge in [0.05, 0.1) is 7.11 Å². The number of ether oxygens (including phenoxy) is 1. The lowest BCUT2D eigenvalue weighted by atomic mass is 9.85. The van der Waals surface area contributed by atoms with E-state index < -0.39 is 80.3 Å². The van der Waals surface area contributed by atoms with Gasteiger partial charge in [0.2, 0.25) is 29.3 Å². The van der Waals surface area contributed by atoms with Gasteiger partial charge in [-0.3, -0.25) is 14.4 Å². The lowest BCUT2D eigenvalue weighted by Crippen LogP contribution is -2.56. The summed E-state index contributed by atoms with van der Waals surface area (Å²) < 4.78 is 73.1. The molecule has 15 heteroatoms. The number of benzene rings is 3. The maximum Gasteiger partial charge on any atom is 0.336 e. The first kappa shape index (κ1) is 42.0. The SMILES string of the molecule is COc1ccc(C[C@H](NC(=O)[C@@H](C)NC(=O)C2=C(C)c3ccccc3C2)C(=O)N[C@@H](CC2CCCCC2)CS(=O)(=O)Oc2c(F)cc3c(C)cc(=O)oc3c2F)cc1. The van der Waals surface area contributed by atoms with Gasteiger partial charge in [0.1, 0.15) is 23.6 Å². The molecule has 0 spiro atoms. The molecule has 12 nitrogen and oxygen atoms in total. The van der Waals surface area contributed by atoms with Crippen molar-refractivity contribution in [1.29, 1.82) is 0 Å². The minimum Gasteiger partial charge on any atom is -0.497 e. The Morgan fingerprint density at radius 1 is 0.931 bits per heavy atom. The topological polar surface area (TPSA) is 170 Å². The molecule has 2 aliphatic rings. The molecule has 58 heavy (non-hydrogen) atoms. The highest BCUT2D eigenvalue weighted by Crippen LogP contribution is 2.34. The van der Waals surface area contributed by atoms with Crippen LogP contribution in [-0.4, -0.2) is 57.1 Å². The second kappa shape index (κ2) is 17.9. The molecule has 0 saturated heterocycles. The number of methoxy groups -OCH3 is 1. The third kappa shape index (κ3) is 9.92. The summed E-state index contributed by atoms with van der Waals surface area (Å²) >= 11 is 0. The van der Waals surface area contributed by atoms with Gasteiger partial charge in [0.15, 0.2) is 11.4 Å². The number of aryl methyl sites for hydroxylation is 1. The molecule has 2 aliphatic carbocycles. The smallest absolute Gasteiger partial charge is 0.336 e. The number of rotatable bonds is 15. The Morgan fingerprint density at radius 2 is 1.64 bits per heavy atom.